The first-order valence-electron chi connectivity index (χ1n) is 4.69. The Balaban J connectivity index is 2.16. The molecule has 0 saturated heterocycles. The van der Waals surface area contributed by atoms with Gasteiger partial charge in [0.05, 0.1) is 35.7 Å². The van der Waals surface area contributed by atoms with Gasteiger partial charge in [-0.05, 0) is 19.1 Å². The molecule has 2 aromatic rings. The van der Waals surface area contributed by atoms with Gasteiger partial charge in [-0.1, -0.05) is 0 Å². The first-order chi connectivity index (χ1) is 7.66. The van der Waals surface area contributed by atoms with Crippen LogP contribution in [0.3, 0.4) is 0 Å². The van der Waals surface area contributed by atoms with Crippen LogP contribution < -0.4 is 11.0 Å². The van der Waals surface area contributed by atoms with Gasteiger partial charge >= 0.3 is 5.69 Å². The molecule has 0 aliphatic rings. The minimum absolute atomic E-state index is 0.284. The Bertz CT molecular complexity index is 533. The first-order valence-corrected chi connectivity index (χ1v) is 5.66. The zero-order valence-electron chi connectivity index (χ0n) is 8.61. The molecule has 5 nitrogen and oxygen atoms in total. The molecular weight excluding hydrogens is 321 g/mol. The van der Waals surface area contributed by atoms with Crippen LogP contribution in [0.2, 0.25) is 0 Å². The van der Waals surface area contributed by atoms with Crippen molar-refractivity contribution in [1.82, 2.24) is 7.76 Å². The van der Waals surface area contributed by atoms with Gasteiger partial charge in [-0.2, -0.15) is 4.98 Å². The molecule has 0 amide bonds. The Morgan fingerprint density at radius 3 is 3.12 bits per heavy atom. The van der Waals surface area contributed by atoms with Gasteiger partial charge in [0.1, 0.15) is 11.6 Å². The van der Waals surface area contributed by atoms with E-state index in [1.807, 2.05) is 41.9 Å². The molecule has 0 bridgehead atoms. The molecule has 2 heterocycles. The number of furan rings is 1. The average molecular weight is 331 g/mol. The van der Waals surface area contributed by atoms with Gasteiger partial charge in [-0.15, -0.1) is 0 Å². The molecule has 0 atom stereocenters. The van der Waals surface area contributed by atoms with Gasteiger partial charge in [0.15, 0.2) is 0 Å². The van der Waals surface area contributed by atoms with E-state index in [0.717, 1.165) is 11.3 Å². The van der Waals surface area contributed by atoms with Crippen LogP contribution in [0, 0.1) is 6.92 Å². The Morgan fingerprint density at radius 2 is 2.44 bits per heavy atom. The van der Waals surface area contributed by atoms with Gasteiger partial charge in [-0.25, -0.2) is 7.58 Å². The summed E-state index contributed by atoms with van der Waals surface area (Å²) in [4.78, 5) is 15.3. The highest BCUT2D eigenvalue weighted by atomic mass is 127. The Morgan fingerprint density at radius 1 is 1.62 bits per heavy atom. The molecule has 0 saturated carbocycles. The topological polar surface area (TPSA) is 60.1 Å². The standard InChI is InChI=1S/C10H10IN3O2/c1-7-6-14(11)10(15)13-9(7)12-5-8-3-2-4-16-8/h2-4,6H,5H2,1H3,(H,12,13,15). The summed E-state index contributed by atoms with van der Waals surface area (Å²) < 4.78 is 6.60. The second-order valence-corrected chi connectivity index (χ2v) is 4.34. The monoisotopic (exact) mass is 331 g/mol. The van der Waals surface area contributed by atoms with Crippen molar-refractivity contribution in [2.75, 3.05) is 5.32 Å². The van der Waals surface area contributed by atoms with Crippen LogP contribution in [-0.2, 0) is 6.54 Å². The van der Waals surface area contributed by atoms with Crippen molar-refractivity contribution in [2.45, 2.75) is 13.5 Å². The van der Waals surface area contributed by atoms with Crippen molar-refractivity contribution in [3.63, 3.8) is 0 Å². The Labute approximate surface area is 106 Å². The molecule has 6 heteroatoms. The molecule has 0 fully saturated rings. The fraction of sp³-hybridized carbons (Fsp3) is 0.200. The molecule has 0 aromatic carbocycles. The van der Waals surface area contributed by atoms with Crippen LogP contribution in [0.5, 0.6) is 0 Å². The number of rotatable bonds is 3. The normalized spacial score (nSPS) is 10.4. The van der Waals surface area contributed by atoms with Crippen LogP contribution in [0.15, 0.2) is 33.8 Å². The summed E-state index contributed by atoms with van der Waals surface area (Å²) in [5, 5.41) is 3.06. The molecule has 1 N–H and O–H groups in total. The summed E-state index contributed by atoms with van der Waals surface area (Å²) in [6, 6.07) is 3.68. The molecule has 0 radical (unpaired) electrons. The number of hydrogen-bond donors (Lipinski definition) is 1. The minimum atomic E-state index is -0.284. The van der Waals surface area contributed by atoms with Crippen molar-refractivity contribution in [3.8, 4) is 0 Å². The average Bonchev–Trinajstić information content (AvgIpc) is 2.74. The maximum atomic E-state index is 11.3. The van der Waals surface area contributed by atoms with Crippen LogP contribution in [0.25, 0.3) is 0 Å². The molecule has 16 heavy (non-hydrogen) atoms. The van der Waals surface area contributed by atoms with Crippen LogP contribution in [-0.4, -0.2) is 7.76 Å². The van der Waals surface area contributed by atoms with E-state index in [1.54, 1.807) is 12.5 Å². The summed E-state index contributed by atoms with van der Waals surface area (Å²) in [5.41, 5.74) is 0.633. The lowest BCUT2D eigenvalue weighted by Gasteiger charge is -2.06. The van der Waals surface area contributed by atoms with Crippen molar-refractivity contribution in [3.05, 3.63) is 46.4 Å². The molecule has 0 spiro atoms. The summed E-state index contributed by atoms with van der Waals surface area (Å²) in [7, 11) is 0. The van der Waals surface area contributed by atoms with Crippen molar-refractivity contribution in [1.29, 1.82) is 0 Å². The fourth-order valence-corrected chi connectivity index (χ4v) is 1.81. The highest BCUT2D eigenvalue weighted by Gasteiger charge is 2.04. The van der Waals surface area contributed by atoms with E-state index in [4.69, 9.17) is 4.42 Å². The van der Waals surface area contributed by atoms with Crippen molar-refractivity contribution < 1.29 is 4.42 Å². The second kappa shape index (κ2) is 4.69. The quantitative estimate of drug-likeness (QED) is 0.874. The number of hydrogen-bond acceptors (Lipinski definition) is 4. The predicted molar refractivity (Wildman–Crippen MR) is 68.7 cm³/mol. The third kappa shape index (κ3) is 2.43. The number of nitrogens with zero attached hydrogens (tertiary/aromatic N) is 2. The van der Waals surface area contributed by atoms with Crippen LogP contribution in [0.1, 0.15) is 11.3 Å². The zero-order valence-corrected chi connectivity index (χ0v) is 10.8. The Hall–Kier alpha value is -1.31. The van der Waals surface area contributed by atoms with Crippen LogP contribution in [0.4, 0.5) is 5.82 Å². The molecule has 0 unspecified atom stereocenters. The van der Waals surface area contributed by atoms with Gasteiger partial charge in [0, 0.05) is 11.8 Å². The summed E-state index contributed by atoms with van der Waals surface area (Å²) in [6.45, 7) is 2.41. The van der Waals surface area contributed by atoms with E-state index < -0.39 is 0 Å². The molecule has 2 aromatic heterocycles. The highest BCUT2D eigenvalue weighted by molar-refractivity contribution is 14.1. The number of nitrogens with one attached hydrogen (secondary N) is 1. The summed E-state index contributed by atoms with van der Waals surface area (Å²) in [5.74, 6) is 1.40. The van der Waals surface area contributed by atoms with Gasteiger partial charge in [0.25, 0.3) is 0 Å². The molecule has 0 aliphatic carbocycles. The lowest BCUT2D eigenvalue weighted by Crippen LogP contribution is -2.18. The third-order valence-electron chi connectivity index (χ3n) is 2.08. The zero-order chi connectivity index (χ0) is 11.5. The smallest absolute Gasteiger partial charge is 0.358 e. The van der Waals surface area contributed by atoms with Gasteiger partial charge in [-0.3, -0.25) is 0 Å². The number of anilines is 1. The van der Waals surface area contributed by atoms with E-state index in [9.17, 15) is 4.79 Å². The lowest BCUT2D eigenvalue weighted by molar-refractivity contribution is 0.517. The fourth-order valence-electron chi connectivity index (χ4n) is 1.28. The highest BCUT2D eigenvalue weighted by Crippen LogP contribution is 2.10. The van der Waals surface area contributed by atoms with Crippen LogP contribution >= 0.6 is 22.9 Å². The molecule has 2 rings (SSSR count). The minimum Gasteiger partial charge on any atom is -0.467 e. The number of aromatic nitrogens is 2. The largest absolute Gasteiger partial charge is 0.467 e. The second-order valence-electron chi connectivity index (χ2n) is 3.30. The number of aryl methyl sites for hydroxylation is 1. The maximum absolute atomic E-state index is 11.3. The third-order valence-corrected chi connectivity index (χ3v) is 2.77. The van der Waals surface area contributed by atoms with E-state index in [1.165, 1.54) is 2.78 Å². The molecular formula is C10H10IN3O2. The van der Waals surface area contributed by atoms with Gasteiger partial charge in [0.2, 0.25) is 0 Å². The number of halogens is 1. The van der Waals surface area contributed by atoms with Crippen molar-refractivity contribution in [2.24, 2.45) is 0 Å². The van der Waals surface area contributed by atoms with E-state index in [0.29, 0.717) is 12.4 Å². The summed E-state index contributed by atoms with van der Waals surface area (Å²) in [6.07, 6.45) is 3.35. The SMILES string of the molecule is Cc1cn(I)c(=O)nc1NCc1ccco1. The van der Waals surface area contributed by atoms with Gasteiger partial charge < -0.3 is 9.73 Å². The molecule has 0 aliphatic heterocycles. The van der Waals surface area contributed by atoms with E-state index in [2.05, 4.69) is 10.3 Å². The van der Waals surface area contributed by atoms with E-state index >= 15 is 0 Å². The molecule has 84 valence electrons. The Kier molecular flexibility index (Phi) is 3.28. The first kappa shape index (κ1) is 11.2. The summed E-state index contributed by atoms with van der Waals surface area (Å²) >= 11 is 1.90. The maximum Gasteiger partial charge on any atom is 0.358 e. The predicted octanol–water partition coefficient (Wildman–Crippen LogP) is 1.95. The lowest BCUT2D eigenvalue weighted by atomic mass is 10.3. The van der Waals surface area contributed by atoms with Crippen molar-refractivity contribution >= 4 is 28.7 Å². The van der Waals surface area contributed by atoms with E-state index in [-0.39, 0.29) is 5.69 Å².